The summed E-state index contributed by atoms with van der Waals surface area (Å²) in [6.45, 7) is 5.05. The van der Waals surface area contributed by atoms with Gasteiger partial charge in [-0.25, -0.2) is 4.98 Å². The quantitative estimate of drug-likeness (QED) is 0.367. The first-order valence-corrected chi connectivity index (χ1v) is 13.9. The van der Waals surface area contributed by atoms with E-state index in [1.54, 1.807) is 0 Å². The maximum Gasteiger partial charge on any atom is 0.325 e. The Kier molecular flexibility index (Phi) is 6.86. The van der Waals surface area contributed by atoms with Gasteiger partial charge in [0, 0.05) is 42.9 Å². The van der Waals surface area contributed by atoms with Gasteiger partial charge in [0.15, 0.2) is 0 Å². The van der Waals surface area contributed by atoms with Crippen molar-refractivity contribution in [2.75, 3.05) is 31.6 Å². The number of aromatic nitrogens is 3. The van der Waals surface area contributed by atoms with Crippen LogP contribution in [0.4, 0.5) is 5.82 Å². The Morgan fingerprint density at radius 1 is 1.19 bits per heavy atom. The molecule has 1 aromatic carbocycles. The Bertz CT molecular complexity index is 1280. The van der Waals surface area contributed by atoms with Crippen molar-refractivity contribution in [1.29, 1.82) is 0 Å². The third kappa shape index (κ3) is 5.09. The second-order valence-electron chi connectivity index (χ2n) is 10.8. The monoisotopic (exact) mass is 503 g/mol. The molecule has 0 amide bonds. The lowest BCUT2D eigenvalue weighted by Crippen LogP contribution is -2.55. The minimum absolute atomic E-state index is 0.101. The van der Waals surface area contributed by atoms with E-state index in [4.69, 9.17) is 14.8 Å². The fraction of sp³-hybridized carbons (Fsp3) is 0.552. The van der Waals surface area contributed by atoms with Gasteiger partial charge >= 0.3 is 5.97 Å². The molecule has 3 aromatic rings. The lowest BCUT2D eigenvalue weighted by molar-refractivity contribution is -0.150. The van der Waals surface area contributed by atoms with Crippen LogP contribution in [0.15, 0.2) is 30.3 Å². The Morgan fingerprint density at radius 3 is 2.86 bits per heavy atom. The molecule has 196 valence electrons. The normalized spacial score (nSPS) is 18.8. The third-order valence-corrected chi connectivity index (χ3v) is 7.99. The molecule has 0 bridgehead atoms. The summed E-state index contributed by atoms with van der Waals surface area (Å²) >= 11 is 0. The van der Waals surface area contributed by atoms with E-state index in [1.165, 1.54) is 12.0 Å². The van der Waals surface area contributed by atoms with Gasteiger partial charge in [-0.1, -0.05) is 30.7 Å². The molecule has 0 spiro atoms. The maximum absolute atomic E-state index is 12.4. The van der Waals surface area contributed by atoms with Gasteiger partial charge in [0.2, 0.25) is 0 Å². The van der Waals surface area contributed by atoms with Crippen LogP contribution in [0, 0.1) is 6.92 Å². The largest absolute Gasteiger partial charge is 0.480 e. The molecule has 0 radical (unpaired) electrons. The first-order valence-electron chi connectivity index (χ1n) is 13.9. The molecule has 37 heavy (non-hydrogen) atoms. The van der Waals surface area contributed by atoms with Gasteiger partial charge in [-0.3, -0.25) is 14.4 Å². The predicted octanol–water partition coefficient (Wildman–Crippen LogP) is 4.67. The van der Waals surface area contributed by atoms with E-state index >= 15 is 0 Å². The number of likely N-dealkylation sites (tertiary alicyclic amines) is 1. The molecule has 2 aliphatic heterocycles. The molecule has 8 nitrogen and oxygen atoms in total. The summed E-state index contributed by atoms with van der Waals surface area (Å²) in [7, 11) is 0. The highest BCUT2D eigenvalue weighted by atomic mass is 16.5. The van der Waals surface area contributed by atoms with E-state index in [0.717, 1.165) is 91.8 Å². The van der Waals surface area contributed by atoms with Crippen LogP contribution in [-0.2, 0) is 22.4 Å². The zero-order valence-corrected chi connectivity index (χ0v) is 21.7. The van der Waals surface area contributed by atoms with Crippen molar-refractivity contribution >= 4 is 22.7 Å². The number of ether oxygens (including phenoxy) is 1. The van der Waals surface area contributed by atoms with Gasteiger partial charge in [0.05, 0.1) is 23.4 Å². The molecule has 2 fully saturated rings. The van der Waals surface area contributed by atoms with Crippen LogP contribution in [0.1, 0.15) is 73.1 Å². The lowest BCUT2D eigenvalue weighted by Gasteiger charge is -2.42. The van der Waals surface area contributed by atoms with Crippen molar-refractivity contribution in [3.8, 4) is 0 Å². The summed E-state index contributed by atoms with van der Waals surface area (Å²) in [4.78, 5) is 19.2. The highest BCUT2D eigenvalue weighted by molar-refractivity contribution is 5.90. The van der Waals surface area contributed by atoms with Crippen molar-refractivity contribution in [2.45, 2.75) is 76.5 Å². The van der Waals surface area contributed by atoms with Gasteiger partial charge in [0.1, 0.15) is 11.9 Å². The predicted molar refractivity (Wildman–Crippen MR) is 143 cm³/mol. The summed E-state index contributed by atoms with van der Waals surface area (Å²) in [6, 6.07) is 10.1. The SMILES string of the molecule is Cc1nn(C2CC2)c2c(C(C(=O)O)N3CC(OCCCCCc4ccc5c(n4)NCCC5)C3)cccc12. The van der Waals surface area contributed by atoms with Crippen molar-refractivity contribution < 1.29 is 14.6 Å². The number of unbranched alkanes of at least 4 members (excludes halogenated alkanes) is 2. The number of hydrogen-bond donors (Lipinski definition) is 2. The van der Waals surface area contributed by atoms with Crippen molar-refractivity contribution in [3.63, 3.8) is 0 Å². The number of aliphatic carboxylic acids is 1. The minimum atomic E-state index is -0.807. The third-order valence-electron chi connectivity index (χ3n) is 7.99. The molecule has 1 saturated heterocycles. The summed E-state index contributed by atoms with van der Waals surface area (Å²) < 4.78 is 8.16. The van der Waals surface area contributed by atoms with Crippen molar-refractivity contribution in [3.05, 3.63) is 52.8 Å². The van der Waals surface area contributed by atoms with Crippen LogP contribution in [0.5, 0.6) is 0 Å². The molecule has 8 heteroatoms. The topological polar surface area (TPSA) is 92.5 Å². The lowest BCUT2D eigenvalue weighted by atomic mass is 9.97. The molecule has 2 N–H and O–H groups in total. The molecule has 4 heterocycles. The molecule has 3 aliphatic rings. The first kappa shape index (κ1) is 24.4. The first-order chi connectivity index (χ1) is 18.1. The number of hydrogen-bond acceptors (Lipinski definition) is 6. The number of carboxylic acids is 1. The number of aryl methyl sites for hydroxylation is 3. The van der Waals surface area contributed by atoms with E-state index in [9.17, 15) is 9.90 Å². The molecule has 1 saturated carbocycles. The number of nitrogens with one attached hydrogen (secondary N) is 1. The standard InChI is InChI=1S/C29H37N5O3/c1-19-24-9-5-10-25(26(24)34(32-19)22-13-14-22)27(29(35)36)33-17-23(18-33)37-16-4-2-3-8-21-12-11-20-7-6-15-30-28(20)31-21/h5,9-12,22-23,27H,2-4,6-8,13-18H2,1H3,(H,30,31)(H,35,36). The number of anilines is 1. The Morgan fingerprint density at radius 2 is 2.05 bits per heavy atom. The van der Waals surface area contributed by atoms with E-state index < -0.39 is 12.0 Å². The Labute approximate surface area is 218 Å². The maximum atomic E-state index is 12.4. The van der Waals surface area contributed by atoms with Crippen LogP contribution < -0.4 is 5.32 Å². The number of carboxylic acid groups (broad SMARTS) is 1. The highest BCUT2D eigenvalue weighted by Crippen LogP contribution is 2.41. The van der Waals surface area contributed by atoms with Crippen LogP contribution in [0.25, 0.3) is 10.9 Å². The Hall–Kier alpha value is -2.97. The fourth-order valence-corrected chi connectivity index (χ4v) is 5.79. The molecule has 1 aliphatic carbocycles. The second kappa shape index (κ2) is 10.4. The Balaban J connectivity index is 0.980. The van der Waals surface area contributed by atoms with Gasteiger partial charge in [0.25, 0.3) is 0 Å². The van der Waals surface area contributed by atoms with E-state index in [1.807, 2.05) is 24.0 Å². The average Bonchev–Trinajstić information content (AvgIpc) is 3.67. The van der Waals surface area contributed by atoms with Crippen molar-refractivity contribution in [1.82, 2.24) is 19.7 Å². The molecule has 2 aromatic heterocycles. The van der Waals surface area contributed by atoms with E-state index in [2.05, 4.69) is 28.2 Å². The van der Waals surface area contributed by atoms with Gasteiger partial charge in [-0.2, -0.15) is 5.10 Å². The number of nitrogens with zero attached hydrogens (tertiary/aromatic N) is 4. The fourth-order valence-electron chi connectivity index (χ4n) is 5.79. The molecule has 6 rings (SSSR count). The summed E-state index contributed by atoms with van der Waals surface area (Å²) in [5.41, 5.74) is 5.31. The number of carbonyl (C=O) groups is 1. The molecular formula is C29H37N5O3. The summed E-state index contributed by atoms with van der Waals surface area (Å²) in [5, 5.41) is 19.4. The molecule has 1 atom stereocenters. The molecular weight excluding hydrogens is 466 g/mol. The number of para-hydroxylation sites is 1. The second-order valence-corrected chi connectivity index (χ2v) is 10.8. The van der Waals surface area contributed by atoms with Crippen LogP contribution >= 0.6 is 0 Å². The number of rotatable bonds is 11. The number of fused-ring (bicyclic) bond motifs is 2. The number of benzene rings is 1. The highest BCUT2D eigenvalue weighted by Gasteiger charge is 2.39. The number of pyridine rings is 1. The van der Waals surface area contributed by atoms with Crippen LogP contribution in [-0.4, -0.2) is 63.1 Å². The minimum Gasteiger partial charge on any atom is -0.480 e. The van der Waals surface area contributed by atoms with Crippen LogP contribution in [0.3, 0.4) is 0 Å². The average molecular weight is 504 g/mol. The van der Waals surface area contributed by atoms with E-state index in [0.29, 0.717) is 19.1 Å². The van der Waals surface area contributed by atoms with Gasteiger partial charge in [-0.15, -0.1) is 0 Å². The van der Waals surface area contributed by atoms with Crippen molar-refractivity contribution in [2.24, 2.45) is 0 Å². The summed E-state index contributed by atoms with van der Waals surface area (Å²) in [5.74, 6) is 0.266. The zero-order valence-electron chi connectivity index (χ0n) is 21.7. The van der Waals surface area contributed by atoms with Crippen LogP contribution in [0.2, 0.25) is 0 Å². The van der Waals surface area contributed by atoms with Gasteiger partial charge < -0.3 is 15.2 Å². The smallest absolute Gasteiger partial charge is 0.325 e. The van der Waals surface area contributed by atoms with E-state index in [-0.39, 0.29) is 6.10 Å². The zero-order chi connectivity index (χ0) is 25.4. The van der Waals surface area contributed by atoms with Gasteiger partial charge in [-0.05, 0) is 63.5 Å². The molecule has 1 unspecified atom stereocenters. The summed E-state index contributed by atoms with van der Waals surface area (Å²) in [6.07, 6.45) is 8.86.